The third-order valence-electron chi connectivity index (χ3n) is 5.70. The molecule has 1 N–H and O–H groups in total. The Bertz CT molecular complexity index is 894. The highest BCUT2D eigenvalue weighted by atomic mass is 16.2. The van der Waals surface area contributed by atoms with E-state index in [0.29, 0.717) is 25.8 Å². The van der Waals surface area contributed by atoms with Crippen molar-refractivity contribution in [3.8, 4) is 0 Å². The summed E-state index contributed by atoms with van der Waals surface area (Å²) >= 11 is 0. The summed E-state index contributed by atoms with van der Waals surface area (Å²) < 4.78 is 0. The molecule has 0 saturated heterocycles. The summed E-state index contributed by atoms with van der Waals surface area (Å²) in [7, 11) is 0. The Morgan fingerprint density at radius 3 is 2.19 bits per heavy atom. The molecule has 0 aliphatic carbocycles. The van der Waals surface area contributed by atoms with Crippen LogP contribution in [0.3, 0.4) is 0 Å². The lowest BCUT2D eigenvalue weighted by Gasteiger charge is -2.31. The number of carbonyl (C=O) groups excluding carboxylic acids is 2. The molecule has 2 amide bonds. The van der Waals surface area contributed by atoms with E-state index in [1.54, 1.807) is 4.90 Å². The van der Waals surface area contributed by atoms with Crippen LogP contribution in [0.1, 0.15) is 76.6 Å². The highest BCUT2D eigenvalue weighted by Crippen LogP contribution is 2.23. The molecule has 2 aromatic carbocycles. The van der Waals surface area contributed by atoms with E-state index in [9.17, 15) is 9.59 Å². The third kappa shape index (κ3) is 7.51. The molecule has 0 radical (unpaired) electrons. The Morgan fingerprint density at radius 1 is 1.00 bits per heavy atom. The second kappa shape index (κ2) is 11.3. The number of hydrogen-bond donors (Lipinski definition) is 1. The van der Waals surface area contributed by atoms with Gasteiger partial charge in [0.1, 0.15) is 6.04 Å². The Balaban J connectivity index is 2.19. The summed E-state index contributed by atoms with van der Waals surface area (Å²) in [6, 6.07) is 16.2. The fourth-order valence-corrected chi connectivity index (χ4v) is 3.87. The van der Waals surface area contributed by atoms with Gasteiger partial charge in [0, 0.05) is 19.0 Å². The van der Waals surface area contributed by atoms with E-state index in [2.05, 4.69) is 56.4 Å². The lowest BCUT2D eigenvalue weighted by atomic mass is 9.86. The van der Waals surface area contributed by atoms with Gasteiger partial charge in [-0.25, -0.2) is 0 Å². The number of rotatable bonds is 9. The average molecular weight is 437 g/mol. The molecular formula is C28H40N2O2. The van der Waals surface area contributed by atoms with Crippen LogP contribution in [0, 0.1) is 6.92 Å². The molecular weight excluding hydrogens is 396 g/mol. The number of carbonyl (C=O) groups is 2. The summed E-state index contributed by atoms with van der Waals surface area (Å²) in [5.41, 5.74) is 4.72. The maximum Gasteiger partial charge on any atom is 0.243 e. The number of amides is 2. The van der Waals surface area contributed by atoms with Crippen LogP contribution in [0.15, 0.2) is 48.5 Å². The molecule has 2 aromatic rings. The molecule has 0 heterocycles. The number of nitrogens with zero attached hydrogens (tertiary/aromatic N) is 1. The van der Waals surface area contributed by atoms with E-state index in [-0.39, 0.29) is 23.3 Å². The van der Waals surface area contributed by atoms with E-state index >= 15 is 0 Å². The van der Waals surface area contributed by atoms with Crippen molar-refractivity contribution in [2.24, 2.45) is 0 Å². The zero-order valence-corrected chi connectivity index (χ0v) is 20.9. The van der Waals surface area contributed by atoms with E-state index in [4.69, 9.17) is 0 Å². The molecule has 1 atom stereocenters. The molecule has 0 saturated carbocycles. The second-order valence-corrected chi connectivity index (χ2v) is 10.0. The van der Waals surface area contributed by atoms with Crippen molar-refractivity contribution in [1.29, 1.82) is 0 Å². The van der Waals surface area contributed by atoms with E-state index in [0.717, 1.165) is 16.7 Å². The maximum absolute atomic E-state index is 13.4. The first-order valence-electron chi connectivity index (χ1n) is 11.8. The lowest BCUT2D eigenvalue weighted by Crippen LogP contribution is -2.50. The SMILES string of the molecule is CC[C@H](C(=O)NC(C)C)N(Cc1cccc(C)c1)C(=O)CCc1ccc(C(C)(C)C)cc1. The average Bonchev–Trinajstić information content (AvgIpc) is 2.71. The van der Waals surface area contributed by atoms with Crippen LogP contribution in [-0.4, -0.2) is 28.8 Å². The van der Waals surface area contributed by atoms with Gasteiger partial charge in [0.05, 0.1) is 0 Å². The van der Waals surface area contributed by atoms with Gasteiger partial charge in [-0.3, -0.25) is 9.59 Å². The van der Waals surface area contributed by atoms with Gasteiger partial charge in [-0.05, 0) is 55.7 Å². The summed E-state index contributed by atoms with van der Waals surface area (Å²) in [6.07, 6.45) is 1.62. The largest absolute Gasteiger partial charge is 0.352 e. The van der Waals surface area contributed by atoms with Crippen molar-refractivity contribution in [2.45, 2.75) is 91.8 Å². The first-order chi connectivity index (χ1) is 15.0. The maximum atomic E-state index is 13.4. The van der Waals surface area contributed by atoms with Gasteiger partial charge in [0.15, 0.2) is 0 Å². The minimum absolute atomic E-state index is 0.0113. The molecule has 0 unspecified atom stereocenters. The van der Waals surface area contributed by atoms with Crippen molar-refractivity contribution in [3.05, 3.63) is 70.8 Å². The van der Waals surface area contributed by atoms with Crippen molar-refractivity contribution >= 4 is 11.8 Å². The molecule has 174 valence electrons. The van der Waals surface area contributed by atoms with Gasteiger partial charge in [0.2, 0.25) is 11.8 Å². The quantitative estimate of drug-likeness (QED) is 0.560. The molecule has 0 aliphatic heterocycles. The third-order valence-corrected chi connectivity index (χ3v) is 5.70. The van der Waals surface area contributed by atoms with Gasteiger partial charge in [-0.15, -0.1) is 0 Å². The highest BCUT2D eigenvalue weighted by molar-refractivity contribution is 5.87. The molecule has 0 spiro atoms. The van der Waals surface area contributed by atoms with Crippen LogP contribution in [0.4, 0.5) is 0 Å². The van der Waals surface area contributed by atoms with Crippen molar-refractivity contribution in [1.82, 2.24) is 10.2 Å². The zero-order valence-electron chi connectivity index (χ0n) is 20.9. The predicted octanol–water partition coefficient (Wildman–Crippen LogP) is 5.56. The minimum atomic E-state index is -0.478. The minimum Gasteiger partial charge on any atom is -0.352 e. The van der Waals surface area contributed by atoms with E-state index < -0.39 is 6.04 Å². The molecule has 32 heavy (non-hydrogen) atoms. The molecule has 0 aromatic heterocycles. The predicted molar refractivity (Wildman–Crippen MR) is 133 cm³/mol. The number of benzene rings is 2. The van der Waals surface area contributed by atoms with Gasteiger partial charge in [-0.1, -0.05) is 81.8 Å². The summed E-state index contributed by atoms with van der Waals surface area (Å²) in [5, 5.41) is 2.99. The molecule has 4 heteroatoms. The van der Waals surface area contributed by atoms with Gasteiger partial charge < -0.3 is 10.2 Å². The molecule has 2 rings (SSSR count). The standard InChI is InChI=1S/C28H40N2O2/c1-8-25(27(32)29-20(2)3)30(19-23-11-9-10-21(4)18-23)26(31)17-14-22-12-15-24(16-13-22)28(5,6)7/h9-13,15-16,18,20,25H,8,14,17,19H2,1-7H3,(H,29,32)/t25-/m1/s1. The molecule has 0 fully saturated rings. The Labute approximate surface area is 194 Å². The fraction of sp³-hybridized carbons (Fsp3) is 0.500. The van der Waals surface area contributed by atoms with Crippen LogP contribution in [-0.2, 0) is 28.0 Å². The van der Waals surface area contributed by atoms with Crippen LogP contribution in [0.25, 0.3) is 0 Å². The van der Waals surface area contributed by atoms with Crippen molar-refractivity contribution < 1.29 is 9.59 Å². The van der Waals surface area contributed by atoms with Gasteiger partial charge in [0.25, 0.3) is 0 Å². The summed E-state index contributed by atoms with van der Waals surface area (Å²) in [6.45, 7) is 14.9. The van der Waals surface area contributed by atoms with Crippen LogP contribution < -0.4 is 5.32 Å². The summed E-state index contributed by atoms with van der Waals surface area (Å²) in [5.74, 6) is -0.0739. The Kier molecular flexibility index (Phi) is 9.06. The smallest absolute Gasteiger partial charge is 0.243 e. The van der Waals surface area contributed by atoms with Gasteiger partial charge in [-0.2, -0.15) is 0 Å². The fourth-order valence-electron chi connectivity index (χ4n) is 3.87. The second-order valence-electron chi connectivity index (χ2n) is 10.0. The van der Waals surface area contributed by atoms with Gasteiger partial charge >= 0.3 is 0 Å². The summed E-state index contributed by atoms with van der Waals surface area (Å²) in [4.78, 5) is 28.0. The first-order valence-corrected chi connectivity index (χ1v) is 11.8. The topological polar surface area (TPSA) is 49.4 Å². The molecule has 0 aliphatic rings. The van der Waals surface area contributed by atoms with Crippen molar-refractivity contribution in [3.63, 3.8) is 0 Å². The van der Waals surface area contributed by atoms with Crippen LogP contribution in [0.2, 0.25) is 0 Å². The molecule has 0 bridgehead atoms. The Morgan fingerprint density at radius 2 is 1.66 bits per heavy atom. The number of hydrogen-bond acceptors (Lipinski definition) is 2. The zero-order chi connectivity index (χ0) is 23.9. The van der Waals surface area contributed by atoms with E-state index in [1.165, 1.54) is 5.56 Å². The lowest BCUT2D eigenvalue weighted by molar-refractivity contribution is -0.141. The number of nitrogens with one attached hydrogen (secondary N) is 1. The first kappa shape index (κ1) is 25.6. The Hall–Kier alpha value is -2.62. The van der Waals surface area contributed by atoms with Crippen molar-refractivity contribution in [2.75, 3.05) is 0 Å². The van der Waals surface area contributed by atoms with E-state index in [1.807, 2.05) is 45.9 Å². The highest BCUT2D eigenvalue weighted by Gasteiger charge is 2.28. The normalized spacial score (nSPS) is 12.5. The van der Waals surface area contributed by atoms with Crippen LogP contribution in [0.5, 0.6) is 0 Å². The number of aryl methyl sites for hydroxylation is 2. The van der Waals surface area contributed by atoms with Crippen LogP contribution >= 0.6 is 0 Å². The molecule has 4 nitrogen and oxygen atoms in total. The monoisotopic (exact) mass is 436 g/mol.